The largest absolute Gasteiger partial charge is 0.418 e. The molecular formula is C24H28ClF3N4O2. The van der Waals surface area contributed by atoms with Gasteiger partial charge in [-0.1, -0.05) is 49.7 Å². The average Bonchev–Trinajstić information content (AvgIpc) is 2.78. The van der Waals surface area contributed by atoms with Crippen molar-refractivity contribution in [2.45, 2.75) is 26.1 Å². The zero-order valence-corrected chi connectivity index (χ0v) is 19.8. The minimum Gasteiger partial charge on any atom is -0.331 e. The molecule has 1 fully saturated rings. The molecule has 2 N–H and O–H groups in total. The second-order valence-electron chi connectivity index (χ2n) is 8.58. The number of benzene rings is 2. The van der Waals surface area contributed by atoms with Gasteiger partial charge in [0.25, 0.3) is 0 Å². The van der Waals surface area contributed by atoms with Crippen LogP contribution < -0.4 is 10.6 Å². The number of hydrogen-bond acceptors (Lipinski definition) is 3. The molecule has 1 unspecified atom stereocenters. The van der Waals surface area contributed by atoms with Gasteiger partial charge in [0, 0.05) is 31.2 Å². The van der Waals surface area contributed by atoms with Gasteiger partial charge in [-0.05, 0) is 35.7 Å². The molecule has 34 heavy (non-hydrogen) atoms. The smallest absolute Gasteiger partial charge is 0.331 e. The Hall–Kier alpha value is -2.78. The van der Waals surface area contributed by atoms with Gasteiger partial charge in [0.15, 0.2) is 0 Å². The van der Waals surface area contributed by atoms with Crippen LogP contribution in [0, 0.1) is 5.92 Å². The lowest BCUT2D eigenvalue weighted by molar-refractivity contribution is -0.137. The monoisotopic (exact) mass is 496 g/mol. The van der Waals surface area contributed by atoms with Gasteiger partial charge in [-0.25, -0.2) is 4.79 Å². The highest BCUT2D eigenvalue weighted by molar-refractivity contribution is 6.30. The molecule has 1 saturated heterocycles. The van der Waals surface area contributed by atoms with Gasteiger partial charge in [0.2, 0.25) is 5.91 Å². The Labute approximate surface area is 202 Å². The standard InChI is InChI=1S/C24H28ClF3N4O2/c1-16(2)22(17-7-9-18(25)10-8-17)30-23(34)32-13-11-31(12-14-32)15-21(33)29-20-6-4-3-5-19(20)24(26,27)28/h3-10,16,22H,11-15H2,1-2H3,(H,29,33)(H,30,34). The van der Waals surface area contributed by atoms with E-state index in [2.05, 4.69) is 10.6 Å². The van der Waals surface area contributed by atoms with Gasteiger partial charge in [0.05, 0.1) is 23.8 Å². The number of piperazine rings is 1. The maximum atomic E-state index is 13.1. The van der Waals surface area contributed by atoms with E-state index in [0.29, 0.717) is 31.2 Å². The summed E-state index contributed by atoms with van der Waals surface area (Å²) in [7, 11) is 0. The normalized spacial score (nSPS) is 15.8. The summed E-state index contributed by atoms with van der Waals surface area (Å²) in [5.41, 5.74) is -0.188. The number of hydrogen-bond donors (Lipinski definition) is 2. The molecule has 0 aliphatic carbocycles. The van der Waals surface area contributed by atoms with E-state index in [1.807, 2.05) is 30.9 Å². The molecule has 10 heteroatoms. The molecule has 0 bridgehead atoms. The van der Waals surface area contributed by atoms with Gasteiger partial charge in [-0.15, -0.1) is 0 Å². The summed E-state index contributed by atoms with van der Waals surface area (Å²) in [4.78, 5) is 28.7. The van der Waals surface area contributed by atoms with Gasteiger partial charge in [0.1, 0.15) is 0 Å². The van der Waals surface area contributed by atoms with Crippen LogP contribution in [0.15, 0.2) is 48.5 Å². The van der Waals surface area contributed by atoms with E-state index < -0.39 is 17.6 Å². The van der Waals surface area contributed by atoms with E-state index in [1.54, 1.807) is 17.0 Å². The van der Waals surface area contributed by atoms with Crippen LogP contribution >= 0.6 is 11.6 Å². The fraction of sp³-hybridized carbons (Fsp3) is 0.417. The SMILES string of the molecule is CC(C)C(NC(=O)N1CCN(CC(=O)Nc2ccccc2C(F)(F)F)CC1)c1ccc(Cl)cc1. The third kappa shape index (κ3) is 6.87. The van der Waals surface area contributed by atoms with Crippen LogP contribution in [0.5, 0.6) is 0 Å². The van der Waals surface area contributed by atoms with Crippen LogP contribution in [0.1, 0.15) is 31.0 Å². The number of halogens is 4. The van der Waals surface area contributed by atoms with E-state index in [1.165, 1.54) is 18.2 Å². The van der Waals surface area contributed by atoms with Crippen molar-refractivity contribution in [3.05, 3.63) is 64.7 Å². The van der Waals surface area contributed by atoms with Crippen LogP contribution in [0.25, 0.3) is 0 Å². The summed E-state index contributed by atoms with van der Waals surface area (Å²) >= 11 is 5.97. The van der Waals surface area contributed by atoms with Crippen LogP contribution in [-0.4, -0.2) is 54.5 Å². The molecule has 6 nitrogen and oxygen atoms in total. The first-order chi connectivity index (χ1) is 16.0. The molecule has 1 heterocycles. The summed E-state index contributed by atoms with van der Waals surface area (Å²) in [5, 5.41) is 6.05. The predicted octanol–water partition coefficient (Wildman–Crippen LogP) is 5.02. The Kier molecular flexibility index (Phi) is 8.43. The van der Waals surface area contributed by atoms with Crippen molar-refractivity contribution in [1.82, 2.24) is 15.1 Å². The van der Waals surface area contributed by atoms with Crippen LogP contribution in [0.3, 0.4) is 0 Å². The maximum absolute atomic E-state index is 13.1. The molecule has 2 aromatic rings. The molecular weight excluding hydrogens is 469 g/mol. The number of para-hydroxylation sites is 1. The van der Waals surface area contributed by atoms with Crippen molar-refractivity contribution in [1.29, 1.82) is 0 Å². The first-order valence-electron chi connectivity index (χ1n) is 11.0. The van der Waals surface area contributed by atoms with E-state index in [-0.39, 0.29) is 30.2 Å². The number of carbonyl (C=O) groups is 2. The van der Waals surface area contributed by atoms with Crippen LogP contribution in [-0.2, 0) is 11.0 Å². The molecule has 184 valence electrons. The Morgan fingerprint density at radius 3 is 2.21 bits per heavy atom. The van der Waals surface area contributed by atoms with E-state index in [0.717, 1.165) is 11.6 Å². The first kappa shape index (κ1) is 25.8. The number of carbonyl (C=O) groups excluding carboxylic acids is 2. The predicted molar refractivity (Wildman–Crippen MR) is 126 cm³/mol. The molecule has 0 spiro atoms. The highest BCUT2D eigenvalue weighted by Gasteiger charge is 2.34. The lowest BCUT2D eigenvalue weighted by Gasteiger charge is -2.35. The molecule has 3 amide bonds. The van der Waals surface area contributed by atoms with E-state index in [9.17, 15) is 22.8 Å². The quantitative estimate of drug-likeness (QED) is 0.590. The van der Waals surface area contributed by atoms with Crippen molar-refractivity contribution in [2.75, 3.05) is 38.0 Å². The van der Waals surface area contributed by atoms with Crippen molar-refractivity contribution in [3.8, 4) is 0 Å². The molecule has 1 aliphatic rings. The van der Waals surface area contributed by atoms with Gasteiger partial charge in [-0.2, -0.15) is 13.2 Å². The number of urea groups is 1. The minimum atomic E-state index is -4.55. The number of nitrogens with zero attached hydrogens (tertiary/aromatic N) is 2. The third-order valence-corrected chi connectivity index (χ3v) is 5.96. The van der Waals surface area contributed by atoms with Crippen molar-refractivity contribution in [2.24, 2.45) is 5.92 Å². The van der Waals surface area contributed by atoms with Crippen molar-refractivity contribution in [3.63, 3.8) is 0 Å². The number of alkyl halides is 3. The zero-order chi connectivity index (χ0) is 24.9. The third-order valence-electron chi connectivity index (χ3n) is 5.71. The summed E-state index contributed by atoms with van der Waals surface area (Å²) in [6, 6.07) is 11.9. The molecule has 0 saturated carbocycles. The molecule has 3 rings (SSSR count). The zero-order valence-electron chi connectivity index (χ0n) is 19.0. The molecule has 0 aromatic heterocycles. The minimum absolute atomic E-state index is 0.0545. The highest BCUT2D eigenvalue weighted by Crippen LogP contribution is 2.34. The highest BCUT2D eigenvalue weighted by atomic mass is 35.5. The topological polar surface area (TPSA) is 64.7 Å². The van der Waals surface area contributed by atoms with Gasteiger partial charge < -0.3 is 15.5 Å². The number of nitrogens with one attached hydrogen (secondary N) is 2. The maximum Gasteiger partial charge on any atom is 0.418 e. The van der Waals surface area contributed by atoms with E-state index >= 15 is 0 Å². The number of amides is 3. The van der Waals surface area contributed by atoms with Crippen LogP contribution in [0.4, 0.5) is 23.7 Å². The van der Waals surface area contributed by atoms with Crippen molar-refractivity contribution >= 4 is 29.2 Å². The summed E-state index contributed by atoms with van der Waals surface area (Å²) < 4.78 is 39.4. The Balaban J connectivity index is 1.51. The summed E-state index contributed by atoms with van der Waals surface area (Å²) in [6.07, 6.45) is -4.55. The van der Waals surface area contributed by atoms with E-state index in [4.69, 9.17) is 11.6 Å². The molecule has 0 radical (unpaired) electrons. The lowest BCUT2D eigenvalue weighted by Crippen LogP contribution is -2.53. The fourth-order valence-electron chi connectivity index (χ4n) is 3.87. The average molecular weight is 497 g/mol. The van der Waals surface area contributed by atoms with Crippen molar-refractivity contribution < 1.29 is 22.8 Å². The second-order valence-corrected chi connectivity index (χ2v) is 9.01. The molecule has 1 aliphatic heterocycles. The number of rotatable bonds is 6. The molecule has 2 aromatic carbocycles. The Morgan fingerprint density at radius 1 is 1.00 bits per heavy atom. The summed E-state index contributed by atoms with van der Waals surface area (Å²) in [6.45, 7) is 5.68. The Bertz CT molecular complexity index is 990. The Morgan fingerprint density at radius 2 is 1.62 bits per heavy atom. The van der Waals surface area contributed by atoms with Gasteiger partial charge in [-0.3, -0.25) is 9.69 Å². The summed E-state index contributed by atoms with van der Waals surface area (Å²) in [5.74, 6) is -0.369. The molecule has 1 atom stereocenters. The fourth-order valence-corrected chi connectivity index (χ4v) is 4.00. The first-order valence-corrected chi connectivity index (χ1v) is 11.4. The second kappa shape index (κ2) is 11.1. The van der Waals surface area contributed by atoms with Gasteiger partial charge >= 0.3 is 12.2 Å². The van der Waals surface area contributed by atoms with Crippen LogP contribution in [0.2, 0.25) is 5.02 Å². The lowest BCUT2D eigenvalue weighted by atomic mass is 9.96. The number of anilines is 1.